The molecule has 24 heavy (non-hydrogen) atoms. The van der Waals surface area contributed by atoms with Gasteiger partial charge < -0.3 is 0 Å². The quantitative estimate of drug-likeness (QED) is 0.306. The molecule has 1 aromatic heterocycles. The molecule has 0 aliphatic heterocycles. The first-order chi connectivity index (χ1) is 11.8. The van der Waals surface area contributed by atoms with Gasteiger partial charge in [0.2, 0.25) is 0 Å². The fourth-order valence-electron chi connectivity index (χ4n) is 3.62. The van der Waals surface area contributed by atoms with Crippen LogP contribution < -0.4 is 0 Å². The molecule has 0 amide bonds. The van der Waals surface area contributed by atoms with Crippen molar-refractivity contribution in [2.75, 3.05) is 0 Å². The van der Waals surface area contributed by atoms with Gasteiger partial charge >= 0.3 is 0 Å². The van der Waals surface area contributed by atoms with Crippen LogP contribution in [0.3, 0.4) is 0 Å². The lowest BCUT2D eigenvalue weighted by Crippen LogP contribution is -1.81. The van der Waals surface area contributed by atoms with E-state index in [1.807, 2.05) is 11.3 Å². The molecule has 114 valence electrons. The second-order valence-corrected chi connectivity index (χ2v) is 7.29. The van der Waals surface area contributed by atoms with E-state index in [4.69, 9.17) is 0 Å². The normalized spacial score (nSPS) is 11.5. The minimum Gasteiger partial charge on any atom is -0.134 e. The topological polar surface area (TPSA) is 0 Å². The molecule has 1 heteroatoms. The lowest BCUT2D eigenvalue weighted by Gasteiger charge is -2.08. The van der Waals surface area contributed by atoms with E-state index in [1.165, 1.54) is 47.6 Å². The van der Waals surface area contributed by atoms with Gasteiger partial charge in [-0.3, -0.25) is 0 Å². The van der Waals surface area contributed by atoms with Crippen LogP contribution in [0.1, 0.15) is 5.56 Å². The zero-order valence-electron chi connectivity index (χ0n) is 13.4. The predicted molar refractivity (Wildman–Crippen MR) is 107 cm³/mol. The highest BCUT2D eigenvalue weighted by molar-refractivity contribution is 7.26. The molecule has 0 aliphatic rings. The zero-order valence-corrected chi connectivity index (χ0v) is 14.2. The molecule has 0 saturated carbocycles. The van der Waals surface area contributed by atoms with Crippen LogP contribution in [0.5, 0.6) is 0 Å². The molecule has 0 radical (unpaired) electrons. The minimum atomic E-state index is 1.29. The lowest BCUT2D eigenvalue weighted by molar-refractivity contribution is 1.56. The Morgan fingerprint density at radius 1 is 0.667 bits per heavy atom. The largest absolute Gasteiger partial charge is 0.134 e. The standard InChI is InChI=1S/C23H16S/c1-15-8-7-13-19-21-18-12-6-5-11-17(18)14-20(23(21)24-22(15)19)16-9-3-2-4-10-16/h2-14H,1H3. The van der Waals surface area contributed by atoms with Crippen LogP contribution in [0.25, 0.3) is 42.1 Å². The Balaban J connectivity index is 2.06. The van der Waals surface area contributed by atoms with E-state index in [9.17, 15) is 0 Å². The fraction of sp³-hybridized carbons (Fsp3) is 0.0435. The molecule has 0 saturated heterocycles. The molecule has 0 nitrogen and oxygen atoms in total. The van der Waals surface area contributed by atoms with Crippen LogP contribution in [0.2, 0.25) is 0 Å². The molecule has 0 bridgehead atoms. The maximum atomic E-state index is 2.34. The highest BCUT2D eigenvalue weighted by Crippen LogP contribution is 2.44. The lowest BCUT2D eigenvalue weighted by atomic mass is 9.96. The average molecular weight is 324 g/mol. The Morgan fingerprint density at radius 2 is 1.42 bits per heavy atom. The van der Waals surface area contributed by atoms with E-state index < -0.39 is 0 Å². The predicted octanol–water partition coefficient (Wildman–Crippen LogP) is 7.18. The number of hydrogen-bond donors (Lipinski definition) is 0. The average Bonchev–Trinajstić information content (AvgIpc) is 3.03. The van der Waals surface area contributed by atoms with Gasteiger partial charge in [0, 0.05) is 25.7 Å². The van der Waals surface area contributed by atoms with Crippen molar-refractivity contribution in [3.63, 3.8) is 0 Å². The maximum Gasteiger partial charge on any atom is 0.0440 e. The third-order valence-corrected chi connectivity index (χ3v) is 6.15. The first kappa shape index (κ1) is 13.8. The van der Waals surface area contributed by atoms with Crippen LogP contribution in [0, 0.1) is 6.92 Å². The summed E-state index contributed by atoms with van der Waals surface area (Å²) < 4.78 is 2.80. The van der Waals surface area contributed by atoms with Gasteiger partial charge in [0.05, 0.1) is 0 Å². The molecule has 5 aromatic rings. The van der Waals surface area contributed by atoms with Gasteiger partial charge in [0.1, 0.15) is 0 Å². The van der Waals surface area contributed by atoms with Crippen molar-refractivity contribution in [1.82, 2.24) is 0 Å². The third kappa shape index (κ3) is 1.92. The Morgan fingerprint density at radius 3 is 2.29 bits per heavy atom. The second-order valence-electron chi connectivity index (χ2n) is 6.27. The highest BCUT2D eigenvalue weighted by atomic mass is 32.1. The summed E-state index contributed by atoms with van der Waals surface area (Å²) in [6.07, 6.45) is 0. The number of thiophene rings is 1. The van der Waals surface area contributed by atoms with Crippen LogP contribution in [-0.2, 0) is 0 Å². The molecule has 0 atom stereocenters. The summed E-state index contributed by atoms with van der Waals surface area (Å²) in [7, 11) is 0. The fourth-order valence-corrected chi connectivity index (χ4v) is 4.94. The Hall–Kier alpha value is -2.64. The van der Waals surface area contributed by atoms with E-state index in [2.05, 4.69) is 85.8 Å². The first-order valence-corrected chi connectivity index (χ1v) is 9.03. The monoisotopic (exact) mass is 324 g/mol. The number of benzene rings is 4. The maximum absolute atomic E-state index is 2.34. The third-order valence-electron chi connectivity index (χ3n) is 4.77. The van der Waals surface area contributed by atoms with Crippen molar-refractivity contribution in [2.24, 2.45) is 0 Å². The first-order valence-electron chi connectivity index (χ1n) is 8.22. The number of fused-ring (bicyclic) bond motifs is 5. The van der Waals surface area contributed by atoms with Gasteiger partial charge in [0.25, 0.3) is 0 Å². The SMILES string of the molecule is Cc1cccc2c1sc1c(-c3ccccc3)cc3ccccc3c12. The van der Waals surface area contributed by atoms with Gasteiger partial charge in [-0.1, -0.05) is 72.8 Å². The van der Waals surface area contributed by atoms with E-state index >= 15 is 0 Å². The summed E-state index contributed by atoms with van der Waals surface area (Å²) in [6, 6.07) is 28.5. The molecular weight excluding hydrogens is 308 g/mol. The van der Waals surface area contributed by atoms with E-state index in [1.54, 1.807) is 0 Å². The Bertz CT molecular complexity index is 1200. The molecule has 5 rings (SSSR count). The highest BCUT2D eigenvalue weighted by Gasteiger charge is 2.14. The molecule has 0 N–H and O–H groups in total. The van der Waals surface area contributed by atoms with Crippen molar-refractivity contribution in [1.29, 1.82) is 0 Å². The van der Waals surface area contributed by atoms with Gasteiger partial charge in [-0.2, -0.15) is 0 Å². The summed E-state index contributed by atoms with van der Waals surface area (Å²) in [5.74, 6) is 0. The van der Waals surface area contributed by atoms with Crippen molar-refractivity contribution in [3.05, 3.63) is 84.4 Å². The summed E-state index contributed by atoms with van der Waals surface area (Å²) in [4.78, 5) is 0. The van der Waals surface area contributed by atoms with Crippen molar-refractivity contribution < 1.29 is 0 Å². The minimum absolute atomic E-state index is 1.29. The summed E-state index contributed by atoms with van der Waals surface area (Å²) >= 11 is 1.92. The van der Waals surface area contributed by atoms with Gasteiger partial charge in [-0.05, 0) is 34.9 Å². The van der Waals surface area contributed by atoms with E-state index in [-0.39, 0.29) is 0 Å². The van der Waals surface area contributed by atoms with Gasteiger partial charge in [-0.25, -0.2) is 0 Å². The molecule has 0 unspecified atom stereocenters. The van der Waals surface area contributed by atoms with Crippen LogP contribution >= 0.6 is 11.3 Å². The summed E-state index contributed by atoms with van der Waals surface area (Å²) in [6.45, 7) is 2.21. The van der Waals surface area contributed by atoms with Crippen LogP contribution in [-0.4, -0.2) is 0 Å². The van der Waals surface area contributed by atoms with Crippen molar-refractivity contribution >= 4 is 42.3 Å². The van der Waals surface area contributed by atoms with Crippen molar-refractivity contribution in [2.45, 2.75) is 6.92 Å². The second kappa shape index (κ2) is 5.19. The molecular formula is C23H16S. The number of hydrogen-bond acceptors (Lipinski definition) is 1. The smallest absolute Gasteiger partial charge is 0.0440 e. The zero-order chi connectivity index (χ0) is 16.1. The summed E-state index contributed by atoms with van der Waals surface area (Å²) in [5.41, 5.74) is 3.99. The Kier molecular flexibility index (Phi) is 2.97. The summed E-state index contributed by atoms with van der Waals surface area (Å²) in [5, 5.41) is 5.44. The van der Waals surface area contributed by atoms with Gasteiger partial charge in [-0.15, -0.1) is 11.3 Å². The molecule has 0 fully saturated rings. The van der Waals surface area contributed by atoms with E-state index in [0.29, 0.717) is 0 Å². The number of aryl methyl sites for hydroxylation is 1. The molecule has 0 aliphatic carbocycles. The van der Waals surface area contributed by atoms with Crippen LogP contribution in [0.15, 0.2) is 78.9 Å². The molecule has 1 heterocycles. The molecule has 4 aromatic carbocycles. The Labute approximate surface area is 145 Å². The van der Waals surface area contributed by atoms with Crippen LogP contribution in [0.4, 0.5) is 0 Å². The number of rotatable bonds is 1. The van der Waals surface area contributed by atoms with E-state index in [0.717, 1.165) is 0 Å². The van der Waals surface area contributed by atoms with Gasteiger partial charge in [0.15, 0.2) is 0 Å². The van der Waals surface area contributed by atoms with Crippen molar-refractivity contribution in [3.8, 4) is 11.1 Å². The molecule has 0 spiro atoms.